The molecular formula is C30H34O5. The second-order valence-corrected chi connectivity index (χ2v) is 9.76. The lowest BCUT2D eigenvalue weighted by atomic mass is 9.83. The van der Waals surface area contributed by atoms with Gasteiger partial charge in [0.05, 0.1) is 6.61 Å². The van der Waals surface area contributed by atoms with Gasteiger partial charge in [0.15, 0.2) is 0 Å². The van der Waals surface area contributed by atoms with E-state index in [1.165, 1.54) is 33.4 Å². The highest BCUT2D eigenvalue weighted by Gasteiger charge is 2.45. The zero-order valence-electron chi connectivity index (χ0n) is 20.1. The van der Waals surface area contributed by atoms with E-state index in [4.69, 9.17) is 4.74 Å². The third-order valence-corrected chi connectivity index (χ3v) is 7.63. The number of ether oxygens (including phenoxy) is 1. The number of hydrogen-bond acceptors (Lipinski definition) is 5. The first-order valence-electron chi connectivity index (χ1n) is 12.6. The molecule has 0 radical (unpaired) electrons. The van der Waals surface area contributed by atoms with Crippen molar-refractivity contribution in [3.8, 4) is 11.1 Å². The Labute approximate surface area is 206 Å². The molecule has 1 heterocycles. The summed E-state index contributed by atoms with van der Waals surface area (Å²) in [5.74, 6) is 0. The minimum absolute atomic E-state index is 0.424. The van der Waals surface area contributed by atoms with Crippen molar-refractivity contribution in [2.45, 2.75) is 69.5 Å². The van der Waals surface area contributed by atoms with E-state index in [0.717, 1.165) is 43.2 Å². The van der Waals surface area contributed by atoms with E-state index >= 15 is 0 Å². The van der Waals surface area contributed by atoms with Crippen molar-refractivity contribution >= 4 is 0 Å². The molecule has 184 valence electrons. The van der Waals surface area contributed by atoms with E-state index in [9.17, 15) is 20.4 Å². The number of hydrogen-bond donors (Lipinski definition) is 4. The van der Waals surface area contributed by atoms with E-state index < -0.39 is 37.1 Å². The molecule has 0 saturated carbocycles. The first kappa shape index (κ1) is 24.2. The maximum absolute atomic E-state index is 10.9. The summed E-state index contributed by atoms with van der Waals surface area (Å²) in [6.45, 7) is 1.68. The SMILES string of the molecule is CCc1c([C@@H]2O[C@H](CO)[C@@H](O)C(O)[C@H]2O)cc(Cc2cccc(-c3ccccc3)c2)c2c1CCC2. The molecule has 0 aromatic heterocycles. The fourth-order valence-electron chi connectivity index (χ4n) is 5.87. The molecule has 5 heteroatoms. The number of benzene rings is 3. The summed E-state index contributed by atoms with van der Waals surface area (Å²) < 4.78 is 5.99. The Balaban J connectivity index is 1.55. The molecule has 5 atom stereocenters. The van der Waals surface area contributed by atoms with Crippen molar-refractivity contribution in [2.75, 3.05) is 6.61 Å². The molecule has 1 aliphatic heterocycles. The number of aliphatic hydroxyl groups is 4. The van der Waals surface area contributed by atoms with Crippen molar-refractivity contribution in [1.82, 2.24) is 0 Å². The van der Waals surface area contributed by atoms with Gasteiger partial charge in [0.2, 0.25) is 0 Å². The van der Waals surface area contributed by atoms with Gasteiger partial charge in [-0.1, -0.05) is 67.6 Å². The lowest BCUT2D eigenvalue weighted by Crippen LogP contribution is -2.55. The molecule has 2 aliphatic rings. The van der Waals surface area contributed by atoms with Crippen molar-refractivity contribution in [3.63, 3.8) is 0 Å². The normalized spacial score (nSPS) is 26.0. The minimum atomic E-state index is -1.38. The fourth-order valence-corrected chi connectivity index (χ4v) is 5.87. The molecule has 0 spiro atoms. The van der Waals surface area contributed by atoms with Crippen LogP contribution in [0.4, 0.5) is 0 Å². The van der Waals surface area contributed by atoms with Gasteiger partial charge < -0.3 is 25.2 Å². The van der Waals surface area contributed by atoms with Crippen LogP contribution < -0.4 is 0 Å². The maximum Gasteiger partial charge on any atom is 0.113 e. The molecule has 1 unspecified atom stereocenters. The van der Waals surface area contributed by atoms with Gasteiger partial charge in [0, 0.05) is 0 Å². The predicted molar refractivity (Wildman–Crippen MR) is 135 cm³/mol. The third-order valence-electron chi connectivity index (χ3n) is 7.63. The van der Waals surface area contributed by atoms with E-state index in [2.05, 4.69) is 49.4 Å². The number of rotatable bonds is 6. The topological polar surface area (TPSA) is 90.2 Å². The number of fused-ring (bicyclic) bond motifs is 1. The summed E-state index contributed by atoms with van der Waals surface area (Å²) in [4.78, 5) is 0. The summed E-state index contributed by atoms with van der Waals surface area (Å²) >= 11 is 0. The molecule has 5 nitrogen and oxygen atoms in total. The zero-order valence-corrected chi connectivity index (χ0v) is 20.1. The average molecular weight is 475 g/mol. The van der Waals surface area contributed by atoms with Gasteiger partial charge in [-0.3, -0.25) is 0 Å². The Bertz CT molecular complexity index is 1170. The Kier molecular flexibility index (Phi) is 7.05. The summed E-state index contributed by atoms with van der Waals surface area (Å²) in [5.41, 5.74) is 9.53. The molecule has 3 aromatic carbocycles. The summed E-state index contributed by atoms with van der Waals surface area (Å²) in [6, 6.07) is 21.1. The summed E-state index contributed by atoms with van der Waals surface area (Å²) in [7, 11) is 0. The minimum Gasteiger partial charge on any atom is -0.394 e. The van der Waals surface area contributed by atoms with Gasteiger partial charge in [-0.2, -0.15) is 0 Å². The van der Waals surface area contributed by atoms with Crippen molar-refractivity contribution in [2.24, 2.45) is 0 Å². The van der Waals surface area contributed by atoms with E-state index in [-0.39, 0.29) is 0 Å². The van der Waals surface area contributed by atoms with Crippen molar-refractivity contribution in [1.29, 1.82) is 0 Å². The van der Waals surface area contributed by atoms with E-state index in [0.29, 0.717) is 0 Å². The molecule has 0 bridgehead atoms. The standard InChI is InChI=1S/C30H34O5/c1-2-22-24-13-7-12-23(24)21(15-18-8-6-11-20(14-18)19-9-4-3-5-10-19)16-25(22)30-29(34)28(33)27(32)26(17-31)35-30/h3-6,8-11,14,16,26-34H,2,7,12-13,15,17H2,1H3/t26-,27-,28?,29-,30+/m1/s1. The summed E-state index contributed by atoms with van der Waals surface area (Å²) in [6.07, 6.45) is -1.06. The van der Waals surface area contributed by atoms with Gasteiger partial charge in [-0.05, 0) is 76.6 Å². The highest BCUT2D eigenvalue weighted by molar-refractivity contribution is 5.64. The van der Waals surface area contributed by atoms with Crippen LogP contribution in [0.3, 0.4) is 0 Å². The lowest BCUT2D eigenvalue weighted by Gasteiger charge is -2.41. The van der Waals surface area contributed by atoms with E-state index in [1.54, 1.807) is 0 Å². The quantitative estimate of drug-likeness (QED) is 0.439. The molecule has 5 rings (SSSR count). The van der Waals surface area contributed by atoms with Crippen LogP contribution in [0.15, 0.2) is 60.7 Å². The molecule has 1 saturated heterocycles. The van der Waals surface area contributed by atoms with Crippen LogP contribution in [-0.2, 0) is 30.4 Å². The molecular weight excluding hydrogens is 440 g/mol. The average Bonchev–Trinajstić information content (AvgIpc) is 3.38. The van der Waals surface area contributed by atoms with Gasteiger partial charge >= 0.3 is 0 Å². The molecule has 35 heavy (non-hydrogen) atoms. The molecule has 1 aliphatic carbocycles. The van der Waals surface area contributed by atoms with Crippen LogP contribution in [0, 0.1) is 0 Å². The van der Waals surface area contributed by atoms with Crippen LogP contribution in [-0.4, -0.2) is 51.4 Å². The first-order valence-corrected chi connectivity index (χ1v) is 12.6. The smallest absolute Gasteiger partial charge is 0.113 e. The fraction of sp³-hybridized carbons (Fsp3) is 0.400. The van der Waals surface area contributed by atoms with Gasteiger partial charge in [0.25, 0.3) is 0 Å². The van der Waals surface area contributed by atoms with Crippen LogP contribution in [0.2, 0.25) is 0 Å². The van der Waals surface area contributed by atoms with Crippen LogP contribution >= 0.6 is 0 Å². The van der Waals surface area contributed by atoms with Gasteiger partial charge in [-0.15, -0.1) is 0 Å². The Morgan fingerprint density at radius 2 is 1.57 bits per heavy atom. The van der Waals surface area contributed by atoms with E-state index in [1.807, 2.05) is 18.2 Å². The molecule has 0 amide bonds. The molecule has 3 aromatic rings. The van der Waals surface area contributed by atoms with Gasteiger partial charge in [0.1, 0.15) is 30.5 Å². The highest BCUT2D eigenvalue weighted by Crippen LogP contribution is 2.40. The predicted octanol–water partition coefficient (Wildman–Crippen LogP) is 3.51. The number of aliphatic hydroxyl groups excluding tert-OH is 4. The lowest BCUT2D eigenvalue weighted by molar-refractivity contribution is -0.231. The largest absolute Gasteiger partial charge is 0.394 e. The summed E-state index contributed by atoms with van der Waals surface area (Å²) in [5, 5.41) is 41.3. The van der Waals surface area contributed by atoms with Gasteiger partial charge in [-0.25, -0.2) is 0 Å². The highest BCUT2D eigenvalue weighted by atomic mass is 16.5. The first-order chi connectivity index (χ1) is 17.0. The van der Waals surface area contributed by atoms with Crippen LogP contribution in [0.25, 0.3) is 11.1 Å². The van der Waals surface area contributed by atoms with Crippen LogP contribution in [0.5, 0.6) is 0 Å². The Morgan fingerprint density at radius 1 is 0.829 bits per heavy atom. The Morgan fingerprint density at radius 3 is 2.31 bits per heavy atom. The molecule has 4 N–H and O–H groups in total. The second kappa shape index (κ2) is 10.2. The maximum atomic E-state index is 10.9. The van der Waals surface area contributed by atoms with Crippen LogP contribution in [0.1, 0.15) is 52.8 Å². The Hall–Kier alpha value is -2.54. The second-order valence-electron chi connectivity index (χ2n) is 9.76. The van der Waals surface area contributed by atoms with Crippen molar-refractivity contribution < 1.29 is 25.2 Å². The molecule has 1 fully saturated rings. The zero-order chi connectivity index (χ0) is 24.5. The van der Waals surface area contributed by atoms with Crippen molar-refractivity contribution in [3.05, 3.63) is 94.0 Å². The third kappa shape index (κ3) is 4.55. The monoisotopic (exact) mass is 474 g/mol.